The van der Waals surface area contributed by atoms with Crippen molar-refractivity contribution in [2.75, 3.05) is 0 Å². The number of primary sulfonamides is 1. The van der Waals surface area contributed by atoms with Gasteiger partial charge in [0.05, 0.1) is 10.6 Å². The van der Waals surface area contributed by atoms with Gasteiger partial charge in [0.1, 0.15) is 0 Å². The average molecular weight is 326 g/mol. The van der Waals surface area contributed by atoms with E-state index in [1.807, 2.05) is 42.5 Å². The molecule has 0 aliphatic heterocycles. The molecule has 0 aliphatic carbocycles. The number of aromatic nitrogens is 1. The van der Waals surface area contributed by atoms with Crippen molar-refractivity contribution >= 4 is 20.8 Å². The minimum atomic E-state index is -3.84. The van der Waals surface area contributed by atoms with E-state index in [1.54, 1.807) is 12.1 Å². The molecular formula is C18H18N2O2S. The standard InChI is InChI=1S/C18H18N2O2S/c1-2-6-14-8-5-10-16(20-14)18-15-9-4-3-7-13(15)11-12-17(18)23(19,21)22/h3-5,7-12H,2,6H2,1H3,(H2,19,21,22). The maximum absolute atomic E-state index is 12.0. The van der Waals surface area contributed by atoms with E-state index in [4.69, 9.17) is 5.14 Å². The Morgan fingerprint density at radius 3 is 2.52 bits per heavy atom. The maximum Gasteiger partial charge on any atom is 0.238 e. The maximum atomic E-state index is 12.0. The van der Waals surface area contributed by atoms with E-state index in [1.165, 1.54) is 0 Å². The molecule has 5 heteroatoms. The number of benzene rings is 2. The summed E-state index contributed by atoms with van der Waals surface area (Å²) in [5.74, 6) is 0. The summed E-state index contributed by atoms with van der Waals surface area (Å²) in [6.45, 7) is 2.09. The summed E-state index contributed by atoms with van der Waals surface area (Å²) in [6, 6.07) is 16.7. The Morgan fingerprint density at radius 1 is 1.00 bits per heavy atom. The van der Waals surface area contributed by atoms with Crippen molar-refractivity contribution in [1.29, 1.82) is 0 Å². The topological polar surface area (TPSA) is 73.1 Å². The van der Waals surface area contributed by atoms with Crippen molar-refractivity contribution in [3.8, 4) is 11.3 Å². The molecule has 0 spiro atoms. The Hall–Kier alpha value is -2.24. The molecule has 1 aromatic heterocycles. The first-order valence-corrected chi connectivity index (χ1v) is 9.06. The van der Waals surface area contributed by atoms with E-state index in [0.29, 0.717) is 11.3 Å². The first kappa shape index (κ1) is 15.6. The molecule has 0 unspecified atom stereocenters. The minimum Gasteiger partial charge on any atom is -0.253 e. The van der Waals surface area contributed by atoms with Crippen LogP contribution in [0.5, 0.6) is 0 Å². The van der Waals surface area contributed by atoms with Crippen LogP contribution in [0.3, 0.4) is 0 Å². The van der Waals surface area contributed by atoms with Crippen molar-refractivity contribution in [3.63, 3.8) is 0 Å². The molecule has 0 aliphatic rings. The zero-order chi connectivity index (χ0) is 16.4. The molecule has 0 radical (unpaired) electrons. The highest BCUT2D eigenvalue weighted by Gasteiger charge is 2.19. The number of hydrogen-bond donors (Lipinski definition) is 1. The summed E-state index contributed by atoms with van der Waals surface area (Å²) < 4.78 is 24.1. The average Bonchev–Trinajstić information content (AvgIpc) is 2.53. The van der Waals surface area contributed by atoms with Crippen LogP contribution in [0.15, 0.2) is 59.5 Å². The third-order valence-electron chi connectivity index (χ3n) is 3.77. The Labute approximate surface area is 136 Å². The molecule has 3 aromatic rings. The summed E-state index contributed by atoms with van der Waals surface area (Å²) in [7, 11) is -3.84. The van der Waals surface area contributed by atoms with Crippen molar-refractivity contribution < 1.29 is 8.42 Å². The Balaban J connectivity index is 2.36. The number of nitrogens with zero attached hydrogens (tertiary/aromatic N) is 1. The summed E-state index contributed by atoms with van der Waals surface area (Å²) in [5, 5.41) is 7.22. The smallest absolute Gasteiger partial charge is 0.238 e. The van der Waals surface area contributed by atoms with E-state index in [9.17, 15) is 8.42 Å². The molecule has 118 valence electrons. The second-order valence-electron chi connectivity index (χ2n) is 5.47. The fraction of sp³-hybridized carbons (Fsp3) is 0.167. The predicted molar refractivity (Wildman–Crippen MR) is 92.5 cm³/mol. The summed E-state index contributed by atoms with van der Waals surface area (Å²) in [4.78, 5) is 4.75. The van der Waals surface area contributed by atoms with Crippen LogP contribution < -0.4 is 5.14 Å². The van der Waals surface area contributed by atoms with Gasteiger partial charge in [-0.2, -0.15) is 0 Å². The highest BCUT2D eigenvalue weighted by molar-refractivity contribution is 7.89. The summed E-state index contributed by atoms with van der Waals surface area (Å²) in [6.07, 6.45) is 1.83. The van der Waals surface area contributed by atoms with Crippen LogP contribution in [0.2, 0.25) is 0 Å². The van der Waals surface area contributed by atoms with Crippen LogP contribution in [-0.4, -0.2) is 13.4 Å². The van der Waals surface area contributed by atoms with Gasteiger partial charge in [-0.15, -0.1) is 0 Å². The molecule has 0 bridgehead atoms. The quantitative estimate of drug-likeness (QED) is 0.797. The highest BCUT2D eigenvalue weighted by Crippen LogP contribution is 2.33. The number of nitrogens with two attached hydrogens (primary N) is 1. The minimum absolute atomic E-state index is 0.109. The van der Waals surface area contributed by atoms with Crippen LogP contribution in [0.25, 0.3) is 22.0 Å². The van der Waals surface area contributed by atoms with Gasteiger partial charge in [0.2, 0.25) is 10.0 Å². The normalized spacial score (nSPS) is 11.7. The molecular weight excluding hydrogens is 308 g/mol. The SMILES string of the molecule is CCCc1cccc(-c2c(S(N)(=O)=O)ccc3ccccc23)n1. The van der Waals surface area contributed by atoms with Gasteiger partial charge in [0.15, 0.2) is 0 Å². The summed E-state index contributed by atoms with van der Waals surface area (Å²) in [5.41, 5.74) is 2.15. The Morgan fingerprint density at radius 2 is 1.78 bits per heavy atom. The molecule has 0 amide bonds. The molecule has 3 rings (SSSR count). The lowest BCUT2D eigenvalue weighted by molar-refractivity contribution is 0.598. The van der Waals surface area contributed by atoms with E-state index < -0.39 is 10.0 Å². The number of fused-ring (bicyclic) bond motifs is 1. The fourth-order valence-corrected chi connectivity index (χ4v) is 3.52. The molecule has 2 aromatic carbocycles. The highest BCUT2D eigenvalue weighted by atomic mass is 32.2. The molecule has 0 atom stereocenters. The first-order valence-electron chi connectivity index (χ1n) is 7.51. The van der Waals surface area contributed by atoms with Crippen molar-refractivity contribution in [2.45, 2.75) is 24.7 Å². The lowest BCUT2D eigenvalue weighted by Gasteiger charge is -2.12. The molecule has 23 heavy (non-hydrogen) atoms. The lowest BCUT2D eigenvalue weighted by atomic mass is 10.0. The van der Waals surface area contributed by atoms with E-state index >= 15 is 0 Å². The van der Waals surface area contributed by atoms with Crippen LogP contribution in [0.4, 0.5) is 0 Å². The number of aryl methyl sites for hydroxylation is 1. The largest absolute Gasteiger partial charge is 0.253 e. The third kappa shape index (κ3) is 3.11. The molecule has 0 fully saturated rings. The molecule has 1 heterocycles. The third-order valence-corrected chi connectivity index (χ3v) is 4.72. The predicted octanol–water partition coefficient (Wildman–Crippen LogP) is 3.50. The zero-order valence-corrected chi connectivity index (χ0v) is 13.7. The first-order chi connectivity index (χ1) is 11.0. The molecule has 0 saturated heterocycles. The van der Waals surface area contributed by atoms with Crippen LogP contribution >= 0.6 is 0 Å². The van der Waals surface area contributed by atoms with Crippen LogP contribution in [0.1, 0.15) is 19.0 Å². The number of hydrogen-bond acceptors (Lipinski definition) is 3. The van der Waals surface area contributed by atoms with Gasteiger partial charge < -0.3 is 0 Å². The second kappa shape index (κ2) is 6.10. The van der Waals surface area contributed by atoms with Crippen LogP contribution in [-0.2, 0) is 16.4 Å². The second-order valence-corrected chi connectivity index (χ2v) is 7.00. The van der Waals surface area contributed by atoms with E-state index in [-0.39, 0.29) is 4.90 Å². The number of rotatable bonds is 4. The van der Waals surface area contributed by atoms with Gasteiger partial charge >= 0.3 is 0 Å². The van der Waals surface area contributed by atoms with Crippen molar-refractivity contribution in [1.82, 2.24) is 4.98 Å². The zero-order valence-electron chi connectivity index (χ0n) is 12.9. The van der Waals surface area contributed by atoms with Gasteiger partial charge in [0, 0.05) is 11.3 Å². The molecule has 4 nitrogen and oxygen atoms in total. The number of sulfonamides is 1. The van der Waals surface area contributed by atoms with Gasteiger partial charge in [-0.05, 0) is 35.4 Å². The number of pyridine rings is 1. The molecule has 0 saturated carbocycles. The fourth-order valence-electron chi connectivity index (χ4n) is 2.77. The van der Waals surface area contributed by atoms with E-state index in [0.717, 1.165) is 29.3 Å². The Bertz CT molecular complexity index is 966. The van der Waals surface area contributed by atoms with Crippen LogP contribution in [0, 0.1) is 0 Å². The van der Waals surface area contributed by atoms with Crippen molar-refractivity contribution in [3.05, 3.63) is 60.3 Å². The van der Waals surface area contributed by atoms with Crippen molar-refractivity contribution in [2.24, 2.45) is 5.14 Å². The lowest BCUT2D eigenvalue weighted by Crippen LogP contribution is -2.14. The summed E-state index contributed by atoms with van der Waals surface area (Å²) >= 11 is 0. The van der Waals surface area contributed by atoms with E-state index in [2.05, 4.69) is 11.9 Å². The van der Waals surface area contributed by atoms with Gasteiger partial charge in [-0.1, -0.05) is 49.7 Å². The van der Waals surface area contributed by atoms with Gasteiger partial charge in [-0.25, -0.2) is 13.6 Å². The van der Waals surface area contributed by atoms with Gasteiger partial charge in [0.25, 0.3) is 0 Å². The monoisotopic (exact) mass is 326 g/mol. The Kier molecular flexibility index (Phi) is 4.15. The molecule has 2 N–H and O–H groups in total. The van der Waals surface area contributed by atoms with Gasteiger partial charge in [-0.3, -0.25) is 4.98 Å².